The fraction of sp³-hybridized carbons (Fsp3) is 0.160. The number of amides is 1. The van der Waals surface area contributed by atoms with Crippen molar-refractivity contribution in [2.45, 2.75) is 6.04 Å². The molecule has 0 aliphatic carbocycles. The number of benzene rings is 2. The molecule has 5 rings (SSSR count). The Morgan fingerprint density at radius 3 is 2.37 bits per heavy atom. The van der Waals surface area contributed by atoms with Crippen LogP contribution in [0.15, 0.2) is 59.5 Å². The van der Waals surface area contributed by atoms with Gasteiger partial charge in [0.05, 0.1) is 37.9 Å². The van der Waals surface area contributed by atoms with Crippen molar-refractivity contribution < 1.29 is 28.9 Å². The molecule has 9 nitrogen and oxygen atoms in total. The highest BCUT2D eigenvalue weighted by molar-refractivity contribution is 7.10. The molecule has 2 N–H and O–H groups in total. The minimum atomic E-state index is -0.860. The van der Waals surface area contributed by atoms with Gasteiger partial charge < -0.3 is 24.3 Å². The summed E-state index contributed by atoms with van der Waals surface area (Å²) in [5, 5.41) is 13.0. The van der Waals surface area contributed by atoms with Gasteiger partial charge in [-0.15, -0.1) is 11.3 Å². The summed E-state index contributed by atoms with van der Waals surface area (Å²) in [6.45, 7) is 0. The first kappa shape index (κ1) is 22.5. The first-order valence-electron chi connectivity index (χ1n) is 10.6. The maximum Gasteiger partial charge on any atom is 0.302 e. The van der Waals surface area contributed by atoms with E-state index in [-0.39, 0.29) is 17.3 Å². The largest absolute Gasteiger partial charge is 0.507 e. The van der Waals surface area contributed by atoms with Gasteiger partial charge in [0.25, 0.3) is 5.78 Å². The molecule has 4 aromatic rings. The van der Waals surface area contributed by atoms with Crippen LogP contribution in [0.25, 0.3) is 16.8 Å². The van der Waals surface area contributed by atoms with Crippen LogP contribution < -0.4 is 19.1 Å². The molecule has 1 amide bonds. The van der Waals surface area contributed by atoms with Gasteiger partial charge in [-0.05, 0) is 35.7 Å². The topological polar surface area (TPSA) is 114 Å². The van der Waals surface area contributed by atoms with Crippen molar-refractivity contribution in [1.82, 2.24) is 9.97 Å². The highest BCUT2D eigenvalue weighted by Crippen LogP contribution is 2.43. The van der Waals surface area contributed by atoms with Crippen molar-refractivity contribution in [3.63, 3.8) is 0 Å². The molecule has 35 heavy (non-hydrogen) atoms. The van der Waals surface area contributed by atoms with Crippen molar-refractivity contribution in [1.29, 1.82) is 0 Å². The van der Waals surface area contributed by atoms with Gasteiger partial charge in [-0.1, -0.05) is 6.07 Å². The van der Waals surface area contributed by atoms with E-state index >= 15 is 0 Å². The van der Waals surface area contributed by atoms with Gasteiger partial charge in [0, 0.05) is 22.6 Å². The van der Waals surface area contributed by atoms with Gasteiger partial charge >= 0.3 is 5.91 Å². The molecule has 10 heteroatoms. The first-order chi connectivity index (χ1) is 17.0. The van der Waals surface area contributed by atoms with E-state index < -0.39 is 17.7 Å². The SMILES string of the molecule is COc1ccc(/C(O)=C2\C(=O)C(=O)N(c3nc4cc(OC)c(OC)cc4[nH]3)C2c2cccs2)cc1. The van der Waals surface area contributed by atoms with Crippen LogP contribution in [0.3, 0.4) is 0 Å². The zero-order valence-corrected chi connectivity index (χ0v) is 19.9. The number of fused-ring (bicyclic) bond motifs is 1. The predicted octanol–water partition coefficient (Wildman–Crippen LogP) is 4.28. The lowest BCUT2D eigenvalue weighted by Crippen LogP contribution is -2.30. The van der Waals surface area contributed by atoms with Crippen molar-refractivity contribution in [3.8, 4) is 17.2 Å². The number of aromatic nitrogens is 2. The molecule has 1 aliphatic heterocycles. The van der Waals surface area contributed by atoms with Crippen LogP contribution in [0, 0.1) is 0 Å². The number of H-pyrrole nitrogens is 1. The third kappa shape index (κ3) is 3.68. The van der Waals surface area contributed by atoms with Gasteiger partial charge in [-0.3, -0.25) is 14.5 Å². The lowest BCUT2D eigenvalue weighted by molar-refractivity contribution is -0.132. The van der Waals surface area contributed by atoms with Crippen molar-refractivity contribution in [3.05, 3.63) is 69.9 Å². The number of ether oxygens (including phenoxy) is 3. The molecule has 178 valence electrons. The lowest BCUT2D eigenvalue weighted by atomic mass is 10.00. The van der Waals surface area contributed by atoms with Gasteiger partial charge in [-0.25, -0.2) is 4.98 Å². The van der Waals surface area contributed by atoms with Crippen LogP contribution in [0.1, 0.15) is 16.5 Å². The molecule has 2 aromatic heterocycles. The molecule has 1 saturated heterocycles. The van der Waals surface area contributed by atoms with Gasteiger partial charge in [0.15, 0.2) is 11.5 Å². The third-order valence-electron chi connectivity index (χ3n) is 5.82. The minimum Gasteiger partial charge on any atom is -0.507 e. The molecule has 1 fully saturated rings. The van der Waals surface area contributed by atoms with Crippen LogP contribution in [0.5, 0.6) is 17.2 Å². The number of aliphatic hydroxyl groups is 1. The molecule has 0 saturated carbocycles. The number of carbonyl (C=O) groups is 2. The molecular formula is C25H21N3O6S. The number of carbonyl (C=O) groups excluding carboxylic acids is 2. The Labute approximate surface area is 204 Å². The molecule has 3 heterocycles. The number of hydrogen-bond acceptors (Lipinski definition) is 8. The van der Waals surface area contributed by atoms with Crippen LogP contribution in [-0.2, 0) is 9.59 Å². The first-order valence-corrected chi connectivity index (χ1v) is 11.4. The van der Waals surface area contributed by atoms with E-state index in [0.717, 1.165) is 0 Å². The molecular weight excluding hydrogens is 470 g/mol. The summed E-state index contributed by atoms with van der Waals surface area (Å²) in [5.41, 5.74) is 1.50. The Hall–Kier alpha value is -4.31. The second kappa shape index (κ2) is 8.80. The number of aliphatic hydroxyl groups excluding tert-OH is 1. The number of hydrogen-bond donors (Lipinski definition) is 2. The fourth-order valence-electron chi connectivity index (χ4n) is 4.11. The van der Waals surface area contributed by atoms with Crippen molar-refractivity contribution in [2.75, 3.05) is 26.2 Å². The minimum absolute atomic E-state index is 0.0155. The lowest BCUT2D eigenvalue weighted by Gasteiger charge is -2.21. The maximum atomic E-state index is 13.3. The highest BCUT2D eigenvalue weighted by Gasteiger charge is 2.48. The quantitative estimate of drug-likeness (QED) is 0.235. The molecule has 1 unspecified atom stereocenters. The average Bonchev–Trinajstić information content (AvgIpc) is 3.61. The normalized spacial score (nSPS) is 17.2. The number of Topliss-reactive ketones (excluding diaryl/α,β-unsaturated/α-hetero) is 1. The van der Waals surface area contributed by atoms with E-state index in [0.29, 0.717) is 38.7 Å². The number of nitrogens with zero attached hydrogens (tertiary/aromatic N) is 2. The van der Waals surface area contributed by atoms with Gasteiger partial charge in [-0.2, -0.15) is 0 Å². The number of imidazole rings is 1. The Balaban J connectivity index is 1.67. The molecule has 0 radical (unpaired) electrons. The van der Waals surface area contributed by atoms with E-state index in [9.17, 15) is 14.7 Å². The van der Waals surface area contributed by atoms with Crippen LogP contribution in [-0.4, -0.2) is 48.1 Å². The number of methoxy groups -OCH3 is 3. The zero-order chi connectivity index (χ0) is 24.7. The molecule has 0 spiro atoms. The Morgan fingerprint density at radius 2 is 1.74 bits per heavy atom. The van der Waals surface area contributed by atoms with E-state index in [1.54, 1.807) is 36.4 Å². The van der Waals surface area contributed by atoms with Gasteiger partial charge in [0.2, 0.25) is 5.95 Å². The number of nitrogens with one attached hydrogen (secondary N) is 1. The Kier molecular flexibility index (Phi) is 5.65. The average molecular weight is 492 g/mol. The molecule has 2 aromatic carbocycles. The van der Waals surface area contributed by atoms with Crippen LogP contribution in [0.4, 0.5) is 5.95 Å². The van der Waals surface area contributed by atoms with Gasteiger partial charge in [0.1, 0.15) is 17.6 Å². The van der Waals surface area contributed by atoms with E-state index in [1.165, 1.54) is 37.6 Å². The molecule has 1 atom stereocenters. The predicted molar refractivity (Wildman–Crippen MR) is 131 cm³/mol. The van der Waals surface area contributed by atoms with E-state index in [1.807, 2.05) is 17.5 Å². The summed E-state index contributed by atoms with van der Waals surface area (Å²) in [6.07, 6.45) is 0. The Bertz CT molecular complexity index is 1420. The number of ketones is 1. The van der Waals surface area contributed by atoms with E-state index in [4.69, 9.17) is 14.2 Å². The number of aromatic amines is 1. The second-order valence-corrected chi connectivity index (χ2v) is 8.68. The Morgan fingerprint density at radius 1 is 1.03 bits per heavy atom. The van der Waals surface area contributed by atoms with Crippen molar-refractivity contribution >= 4 is 45.8 Å². The smallest absolute Gasteiger partial charge is 0.302 e. The fourth-order valence-corrected chi connectivity index (χ4v) is 4.93. The summed E-state index contributed by atoms with van der Waals surface area (Å²) in [7, 11) is 4.58. The number of thiophene rings is 1. The zero-order valence-electron chi connectivity index (χ0n) is 19.1. The maximum absolute atomic E-state index is 13.3. The summed E-state index contributed by atoms with van der Waals surface area (Å²) in [4.78, 5) is 36.2. The molecule has 0 bridgehead atoms. The standard InChI is InChI=1S/C25H21N3O6S/c1-32-14-8-6-13(7-9-14)22(29)20-21(19-5-4-10-35-19)28(24(31)23(20)30)25-26-15-11-17(33-2)18(34-3)12-16(15)27-25/h4-12,21,29H,1-3H3,(H,26,27)/b22-20+. The summed E-state index contributed by atoms with van der Waals surface area (Å²) >= 11 is 1.37. The second-order valence-electron chi connectivity index (χ2n) is 7.70. The summed E-state index contributed by atoms with van der Waals surface area (Å²) in [5.74, 6) is -0.120. The van der Waals surface area contributed by atoms with E-state index in [2.05, 4.69) is 9.97 Å². The molecule has 1 aliphatic rings. The van der Waals surface area contributed by atoms with Crippen LogP contribution >= 0.6 is 11.3 Å². The highest BCUT2D eigenvalue weighted by atomic mass is 32.1. The number of anilines is 1. The summed E-state index contributed by atoms with van der Waals surface area (Å²) in [6, 6.07) is 12.8. The summed E-state index contributed by atoms with van der Waals surface area (Å²) < 4.78 is 15.9. The number of rotatable bonds is 6. The van der Waals surface area contributed by atoms with Crippen LogP contribution in [0.2, 0.25) is 0 Å². The van der Waals surface area contributed by atoms with Crippen molar-refractivity contribution in [2.24, 2.45) is 0 Å². The third-order valence-corrected chi connectivity index (χ3v) is 6.75. The monoisotopic (exact) mass is 491 g/mol.